The van der Waals surface area contributed by atoms with Crippen LogP contribution in [0.25, 0.3) is 10.9 Å². The molecule has 2 fully saturated rings. The maximum atomic E-state index is 15.3. The summed E-state index contributed by atoms with van der Waals surface area (Å²) in [6, 6.07) is 0.896. The van der Waals surface area contributed by atoms with Crippen molar-refractivity contribution in [1.82, 2.24) is 9.47 Å². The number of hydrogen-bond acceptors (Lipinski definition) is 5. The molecule has 0 spiro atoms. The number of likely N-dealkylation sites (N-methyl/N-ethyl adjacent to an activating group) is 1. The van der Waals surface area contributed by atoms with Gasteiger partial charge in [-0.1, -0.05) is 11.6 Å². The number of aromatic carboxylic acids is 1. The molecule has 0 unspecified atom stereocenters. The number of aromatic nitrogens is 1. The number of hydrogen-bond donors (Lipinski definition) is 1. The molecule has 1 atom stereocenters. The average Bonchev–Trinajstić information content (AvgIpc) is 3.44. The van der Waals surface area contributed by atoms with Crippen LogP contribution in [0.3, 0.4) is 0 Å². The molecule has 4 rings (SSSR count). The first kappa shape index (κ1) is 23.4. The van der Waals surface area contributed by atoms with Gasteiger partial charge >= 0.3 is 12.1 Å². The van der Waals surface area contributed by atoms with E-state index in [2.05, 4.69) is 0 Å². The van der Waals surface area contributed by atoms with Gasteiger partial charge in [0.2, 0.25) is 5.43 Å². The lowest BCUT2D eigenvalue weighted by atomic mass is 10.1. The molecule has 0 radical (unpaired) electrons. The highest BCUT2D eigenvalue weighted by atomic mass is 35.5. The number of carbonyl (C=O) groups is 2. The molecule has 33 heavy (non-hydrogen) atoms. The number of carboxylic acids is 1. The van der Waals surface area contributed by atoms with E-state index in [0.717, 1.165) is 18.9 Å². The number of halogens is 2. The third-order valence-corrected chi connectivity index (χ3v) is 6.42. The van der Waals surface area contributed by atoms with Gasteiger partial charge in [-0.2, -0.15) is 0 Å². The van der Waals surface area contributed by atoms with Crippen molar-refractivity contribution in [2.24, 2.45) is 0 Å². The Morgan fingerprint density at radius 3 is 2.52 bits per heavy atom. The predicted octanol–water partition coefficient (Wildman–Crippen LogP) is 4.27. The van der Waals surface area contributed by atoms with Gasteiger partial charge in [0.05, 0.1) is 27.7 Å². The van der Waals surface area contributed by atoms with E-state index in [1.807, 2.05) is 0 Å². The van der Waals surface area contributed by atoms with E-state index in [4.69, 9.17) is 16.3 Å². The molecule has 2 heterocycles. The normalized spacial score (nSPS) is 18.6. The van der Waals surface area contributed by atoms with Crippen LogP contribution in [0.4, 0.5) is 14.9 Å². The second-order valence-electron chi connectivity index (χ2n) is 9.71. The second kappa shape index (κ2) is 8.20. The zero-order valence-electron chi connectivity index (χ0n) is 19.0. The van der Waals surface area contributed by atoms with E-state index in [1.54, 1.807) is 37.3 Å². The fourth-order valence-electron chi connectivity index (χ4n) is 4.26. The van der Waals surface area contributed by atoms with E-state index in [0.29, 0.717) is 25.0 Å². The highest BCUT2D eigenvalue weighted by molar-refractivity contribution is 6.38. The molecule has 2 aliphatic rings. The van der Waals surface area contributed by atoms with Gasteiger partial charge < -0.3 is 24.2 Å². The van der Waals surface area contributed by atoms with Crippen LogP contribution in [0.15, 0.2) is 17.1 Å². The summed E-state index contributed by atoms with van der Waals surface area (Å²) in [5.74, 6) is -2.06. The molecule has 1 N–H and O–H groups in total. The zero-order chi connectivity index (χ0) is 24.2. The quantitative estimate of drug-likeness (QED) is 0.704. The summed E-state index contributed by atoms with van der Waals surface area (Å²) >= 11 is 6.69. The van der Waals surface area contributed by atoms with E-state index < -0.39 is 34.5 Å². The molecule has 0 bridgehead atoms. The van der Waals surface area contributed by atoms with Crippen molar-refractivity contribution in [3.8, 4) is 0 Å². The first-order valence-corrected chi connectivity index (χ1v) is 11.3. The standard InChI is InChI=1S/C23H27ClFN3O5/c1-23(2,3)33-22(32)26(4)13-7-8-27(10-13)19-16(25)9-14-18(17(19)24)28(12-5-6-12)11-15(20(14)29)21(30)31/h9,11-13H,5-8,10H2,1-4H3,(H,30,31)/t13-/m0/s1. The van der Waals surface area contributed by atoms with Crippen LogP contribution in [0.2, 0.25) is 5.02 Å². The second-order valence-corrected chi connectivity index (χ2v) is 10.1. The highest BCUT2D eigenvalue weighted by Crippen LogP contribution is 2.42. The summed E-state index contributed by atoms with van der Waals surface area (Å²) in [5, 5.41) is 9.45. The number of fused-ring (bicyclic) bond motifs is 1. The van der Waals surface area contributed by atoms with Gasteiger partial charge in [-0.15, -0.1) is 0 Å². The average molecular weight is 480 g/mol. The molecular formula is C23H27ClFN3O5. The molecule has 1 amide bonds. The van der Waals surface area contributed by atoms with Crippen LogP contribution >= 0.6 is 11.6 Å². The van der Waals surface area contributed by atoms with Gasteiger partial charge in [-0.3, -0.25) is 4.79 Å². The summed E-state index contributed by atoms with van der Waals surface area (Å²) in [6.07, 6.45) is 3.10. The van der Waals surface area contributed by atoms with Crippen molar-refractivity contribution in [3.63, 3.8) is 0 Å². The lowest BCUT2D eigenvalue weighted by Gasteiger charge is -2.29. The summed E-state index contributed by atoms with van der Waals surface area (Å²) in [7, 11) is 1.65. The highest BCUT2D eigenvalue weighted by Gasteiger charge is 2.35. The van der Waals surface area contributed by atoms with Crippen LogP contribution in [0.5, 0.6) is 0 Å². The minimum Gasteiger partial charge on any atom is -0.477 e. The molecule has 1 aromatic carbocycles. The van der Waals surface area contributed by atoms with Gasteiger partial charge in [0.15, 0.2) is 0 Å². The van der Waals surface area contributed by atoms with Crippen LogP contribution in [0.1, 0.15) is 56.4 Å². The van der Waals surface area contributed by atoms with Crippen LogP contribution < -0.4 is 10.3 Å². The Labute approximate surface area is 195 Å². The summed E-state index contributed by atoms with van der Waals surface area (Å²) in [5.41, 5.74) is -1.29. The zero-order valence-corrected chi connectivity index (χ0v) is 19.8. The van der Waals surface area contributed by atoms with Crippen molar-refractivity contribution in [3.05, 3.63) is 38.9 Å². The number of ether oxygens (including phenoxy) is 1. The topological polar surface area (TPSA) is 92.1 Å². The van der Waals surface area contributed by atoms with Crippen LogP contribution in [-0.4, -0.2) is 58.4 Å². The maximum Gasteiger partial charge on any atom is 0.410 e. The molecule has 8 nitrogen and oxygen atoms in total. The van der Waals surface area contributed by atoms with E-state index in [-0.39, 0.29) is 28.2 Å². The van der Waals surface area contributed by atoms with Gasteiger partial charge in [0, 0.05) is 32.4 Å². The van der Waals surface area contributed by atoms with Gasteiger partial charge in [0.25, 0.3) is 0 Å². The number of carbonyl (C=O) groups excluding carboxylic acids is 1. The van der Waals surface area contributed by atoms with Crippen molar-refractivity contribution in [2.75, 3.05) is 25.0 Å². The number of pyridine rings is 1. The Hall–Kier alpha value is -2.81. The van der Waals surface area contributed by atoms with Crippen molar-refractivity contribution in [2.45, 2.75) is 57.7 Å². The number of nitrogens with zero attached hydrogens (tertiary/aromatic N) is 3. The fraction of sp³-hybridized carbons (Fsp3) is 0.522. The van der Waals surface area contributed by atoms with Crippen molar-refractivity contribution < 1.29 is 23.8 Å². The Bertz CT molecular complexity index is 1200. The van der Waals surface area contributed by atoms with Gasteiger partial charge in [0.1, 0.15) is 17.0 Å². The summed E-state index contributed by atoms with van der Waals surface area (Å²) in [6.45, 7) is 6.18. The number of rotatable bonds is 4. The monoisotopic (exact) mass is 479 g/mol. The molecule has 1 aliphatic heterocycles. The molecule has 178 valence electrons. The molecule has 1 saturated heterocycles. The lowest BCUT2D eigenvalue weighted by molar-refractivity contribution is 0.0237. The molecule has 1 saturated carbocycles. The first-order valence-electron chi connectivity index (χ1n) is 10.9. The van der Waals surface area contributed by atoms with Gasteiger partial charge in [-0.05, 0) is 46.1 Å². The number of amides is 1. The van der Waals surface area contributed by atoms with Gasteiger partial charge in [-0.25, -0.2) is 14.0 Å². The van der Waals surface area contributed by atoms with Crippen LogP contribution in [0, 0.1) is 5.82 Å². The summed E-state index contributed by atoms with van der Waals surface area (Å²) < 4.78 is 22.4. The number of anilines is 1. The fourth-order valence-corrected chi connectivity index (χ4v) is 4.67. The molecule has 2 aromatic rings. The van der Waals surface area contributed by atoms with E-state index in [9.17, 15) is 19.5 Å². The molecular weight excluding hydrogens is 453 g/mol. The van der Waals surface area contributed by atoms with E-state index in [1.165, 1.54) is 11.1 Å². The minimum absolute atomic E-state index is 0.0200. The van der Waals surface area contributed by atoms with Crippen LogP contribution in [-0.2, 0) is 4.74 Å². The Kier molecular flexibility index (Phi) is 5.80. The number of benzene rings is 1. The third kappa shape index (κ3) is 4.38. The largest absolute Gasteiger partial charge is 0.477 e. The lowest BCUT2D eigenvalue weighted by Crippen LogP contribution is -2.42. The third-order valence-electron chi connectivity index (χ3n) is 6.06. The molecule has 1 aromatic heterocycles. The summed E-state index contributed by atoms with van der Waals surface area (Å²) in [4.78, 5) is 40.0. The predicted molar refractivity (Wildman–Crippen MR) is 123 cm³/mol. The Balaban J connectivity index is 1.72. The van der Waals surface area contributed by atoms with E-state index >= 15 is 4.39 Å². The van der Waals surface area contributed by atoms with Crippen molar-refractivity contribution in [1.29, 1.82) is 0 Å². The maximum absolute atomic E-state index is 15.3. The minimum atomic E-state index is -1.36. The first-order chi connectivity index (χ1) is 15.4. The molecule has 1 aliphatic carbocycles. The molecule has 10 heteroatoms. The van der Waals surface area contributed by atoms with Crippen molar-refractivity contribution >= 4 is 40.3 Å². The smallest absolute Gasteiger partial charge is 0.410 e. The Morgan fingerprint density at radius 2 is 1.94 bits per heavy atom. The SMILES string of the molecule is CN(C(=O)OC(C)(C)C)[C@H]1CCN(c2c(F)cc3c(=O)c(C(=O)O)cn(C4CC4)c3c2Cl)C1. The number of carboxylic acid groups (broad SMARTS) is 1. The Morgan fingerprint density at radius 1 is 1.27 bits per heavy atom.